The average Bonchev–Trinajstić information content (AvgIpc) is 2.75. The Hall–Kier alpha value is -0.750. The molecule has 21 heavy (non-hydrogen) atoms. The van der Waals surface area contributed by atoms with E-state index >= 15 is 0 Å². The molecule has 1 saturated heterocycles. The van der Waals surface area contributed by atoms with Gasteiger partial charge in [-0.3, -0.25) is 4.98 Å². The maximum Gasteiger partial charge on any atom is 0.408 e. The van der Waals surface area contributed by atoms with Crippen LogP contribution in [0.2, 0.25) is 0 Å². The quantitative estimate of drug-likeness (QED) is 0.864. The third kappa shape index (κ3) is 2.68. The molecule has 1 N–H and O–H groups in total. The SMILES string of the molecule is CC(C)(C)OC(=O)N[C@]1(c2ncccc2Br)C2CSC[C@@H]21. The number of nitrogens with zero attached hydrogens (tertiary/aromatic N) is 1. The van der Waals surface area contributed by atoms with Crippen molar-refractivity contribution in [2.75, 3.05) is 11.5 Å². The number of carbonyl (C=O) groups excluding carboxylic acids is 1. The summed E-state index contributed by atoms with van der Waals surface area (Å²) < 4.78 is 6.39. The Balaban J connectivity index is 1.87. The van der Waals surface area contributed by atoms with Crippen molar-refractivity contribution in [2.45, 2.75) is 31.9 Å². The third-order valence-corrected chi connectivity index (χ3v) is 5.83. The van der Waals surface area contributed by atoms with Crippen LogP contribution in [0.15, 0.2) is 22.8 Å². The Labute approximate surface area is 137 Å². The third-order valence-electron chi connectivity index (χ3n) is 4.00. The summed E-state index contributed by atoms with van der Waals surface area (Å²) in [6.07, 6.45) is 1.42. The molecule has 1 amide bonds. The van der Waals surface area contributed by atoms with Crippen LogP contribution < -0.4 is 5.32 Å². The molecule has 2 fully saturated rings. The molecule has 2 aliphatic rings. The lowest BCUT2D eigenvalue weighted by molar-refractivity contribution is 0.0484. The summed E-state index contributed by atoms with van der Waals surface area (Å²) in [5, 5.41) is 3.12. The second-order valence-electron chi connectivity index (χ2n) is 6.58. The number of hydrogen-bond acceptors (Lipinski definition) is 4. The first-order valence-electron chi connectivity index (χ1n) is 7.04. The van der Waals surface area contributed by atoms with E-state index in [9.17, 15) is 4.79 Å². The number of amides is 1. The monoisotopic (exact) mass is 370 g/mol. The highest BCUT2D eigenvalue weighted by Gasteiger charge is 2.70. The normalized spacial score (nSPS) is 30.7. The molecular formula is C15H19BrN2O2S. The van der Waals surface area contributed by atoms with Crippen molar-refractivity contribution in [2.24, 2.45) is 11.8 Å². The number of carbonyl (C=O) groups is 1. The Morgan fingerprint density at radius 2 is 2.14 bits per heavy atom. The van der Waals surface area contributed by atoms with Gasteiger partial charge >= 0.3 is 6.09 Å². The molecular weight excluding hydrogens is 352 g/mol. The van der Waals surface area contributed by atoms with Crippen molar-refractivity contribution in [3.05, 3.63) is 28.5 Å². The van der Waals surface area contributed by atoms with E-state index in [2.05, 4.69) is 26.2 Å². The van der Waals surface area contributed by atoms with Gasteiger partial charge in [0.2, 0.25) is 0 Å². The minimum atomic E-state index is -0.495. The molecule has 1 unspecified atom stereocenters. The van der Waals surface area contributed by atoms with E-state index in [1.165, 1.54) is 0 Å². The number of ether oxygens (including phenoxy) is 1. The van der Waals surface area contributed by atoms with Crippen molar-refractivity contribution in [1.29, 1.82) is 0 Å². The van der Waals surface area contributed by atoms with Gasteiger partial charge in [0.25, 0.3) is 0 Å². The van der Waals surface area contributed by atoms with Gasteiger partial charge in [-0.25, -0.2) is 4.79 Å². The zero-order valence-corrected chi connectivity index (χ0v) is 14.8. The van der Waals surface area contributed by atoms with Gasteiger partial charge in [0.15, 0.2) is 0 Å². The van der Waals surface area contributed by atoms with Gasteiger partial charge in [-0.05, 0) is 60.3 Å². The van der Waals surface area contributed by atoms with Crippen LogP contribution >= 0.6 is 27.7 Å². The second-order valence-corrected chi connectivity index (χ2v) is 8.51. The molecule has 1 aromatic heterocycles. The number of fused-ring (bicyclic) bond motifs is 1. The molecule has 4 nitrogen and oxygen atoms in total. The van der Waals surface area contributed by atoms with Crippen molar-refractivity contribution >= 4 is 33.8 Å². The van der Waals surface area contributed by atoms with Crippen LogP contribution in [0.5, 0.6) is 0 Å². The smallest absolute Gasteiger partial charge is 0.408 e. The molecule has 2 heterocycles. The zero-order chi connectivity index (χ0) is 15.3. The highest BCUT2D eigenvalue weighted by Crippen LogP contribution is 2.64. The molecule has 114 valence electrons. The number of alkyl carbamates (subject to hydrolysis) is 1. The minimum absolute atomic E-state index is 0.362. The van der Waals surface area contributed by atoms with Crippen LogP contribution in [-0.2, 0) is 10.3 Å². The van der Waals surface area contributed by atoms with Crippen molar-refractivity contribution < 1.29 is 9.53 Å². The van der Waals surface area contributed by atoms with Crippen LogP contribution in [0.25, 0.3) is 0 Å². The van der Waals surface area contributed by atoms with Gasteiger partial charge in [0.1, 0.15) is 5.60 Å². The maximum atomic E-state index is 12.2. The molecule has 1 aromatic rings. The van der Waals surface area contributed by atoms with E-state index in [1.54, 1.807) is 6.20 Å². The highest BCUT2D eigenvalue weighted by molar-refractivity contribution is 9.10. The Morgan fingerprint density at radius 3 is 2.71 bits per heavy atom. The van der Waals surface area contributed by atoms with Crippen LogP contribution in [0.4, 0.5) is 4.79 Å². The fraction of sp³-hybridized carbons (Fsp3) is 0.600. The molecule has 0 radical (unpaired) electrons. The Bertz CT molecular complexity index is 563. The van der Waals surface area contributed by atoms with Gasteiger partial charge in [0.05, 0.1) is 11.2 Å². The number of nitrogens with one attached hydrogen (secondary N) is 1. The van der Waals surface area contributed by atoms with Gasteiger partial charge < -0.3 is 10.1 Å². The number of thioether (sulfide) groups is 1. The van der Waals surface area contributed by atoms with Gasteiger partial charge in [-0.1, -0.05) is 0 Å². The van der Waals surface area contributed by atoms with Crippen LogP contribution in [0, 0.1) is 11.8 Å². The highest BCUT2D eigenvalue weighted by atomic mass is 79.9. The van der Waals surface area contributed by atoms with E-state index < -0.39 is 5.60 Å². The number of halogens is 1. The minimum Gasteiger partial charge on any atom is -0.444 e. The van der Waals surface area contributed by atoms with Gasteiger partial charge in [-0.15, -0.1) is 0 Å². The van der Waals surface area contributed by atoms with E-state index in [4.69, 9.17) is 4.74 Å². The van der Waals surface area contributed by atoms with Gasteiger partial charge in [-0.2, -0.15) is 11.8 Å². The lowest BCUT2D eigenvalue weighted by Crippen LogP contribution is -2.43. The average molecular weight is 371 g/mol. The summed E-state index contributed by atoms with van der Waals surface area (Å²) in [4.78, 5) is 16.8. The summed E-state index contributed by atoms with van der Waals surface area (Å²) in [5.74, 6) is 3.01. The number of hydrogen-bond donors (Lipinski definition) is 1. The number of aromatic nitrogens is 1. The Morgan fingerprint density at radius 1 is 1.48 bits per heavy atom. The van der Waals surface area contributed by atoms with Crippen molar-refractivity contribution in [1.82, 2.24) is 10.3 Å². The summed E-state index contributed by atoms with van der Waals surface area (Å²) >= 11 is 5.51. The first kappa shape index (κ1) is 15.2. The molecule has 0 spiro atoms. The topological polar surface area (TPSA) is 51.2 Å². The van der Waals surface area contributed by atoms with Crippen molar-refractivity contribution in [3.63, 3.8) is 0 Å². The summed E-state index contributed by atoms with van der Waals surface area (Å²) in [5.41, 5.74) is 0.0603. The van der Waals surface area contributed by atoms with Crippen LogP contribution in [0.3, 0.4) is 0 Å². The zero-order valence-electron chi connectivity index (χ0n) is 12.4. The lowest BCUT2D eigenvalue weighted by atomic mass is 10.1. The number of pyridine rings is 1. The van der Waals surface area contributed by atoms with Crippen molar-refractivity contribution in [3.8, 4) is 0 Å². The molecule has 6 heteroatoms. The molecule has 1 saturated carbocycles. The summed E-state index contributed by atoms with van der Waals surface area (Å²) in [6, 6.07) is 3.86. The van der Waals surface area contributed by atoms with E-state index in [0.717, 1.165) is 21.7 Å². The van der Waals surface area contributed by atoms with E-state index in [0.29, 0.717) is 11.8 Å². The number of rotatable bonds is 2. The first-order chi connectivity index (χ1) is 9.84. The van der Waals surface area contributed by atoms with E-state index in [-0.39, 0.29) is 11.6 Å². The standard InChI is InChI=1S/C15H19BrN2O2S/c1-14(2,3)20-13(19)18-15(9-7-21-8-10(9)15)12-11(16)5-4-6-17-12/h4-6,9-10H,7-8H2,1-3H3,(H,18,19)/t9-,10?,15-/m0/s1. The van der Waals surface area contributed by atoms with Gasteiger partial charge in [0, 0.05) is 22.5 Å². The maximum absolute atomic E-state index is 12.2. The van der Waals surface area contributed by atoms with E-state index in [1.807, 2.05) is 44.7 Å². The fourth-order valence-electron chi connectivity index (χ4n) is 3.11. The van der Waals surface area contributed by atoms with Crippen LogP contribution in [-0.4, -0.2) is 28.2 Å². The fourth-order valence-corrected chi connectivity index (χ4v) is 5.33. The predicted molar refractivity (Wildman–Crippen MR) is 87.3 cm³/mol. The molecule has 0 aromatic carbocycles. The lowest BCUT2D eigenvalue weighted by Gasteiger charge is -2.26. The molecule has 3 rings (SSSR count). The molecule has 1 aliphatic heterocycles. The molecule has 1 aliphatic carbocycles. The first-order valence-corrected chi connectivity index (χ1v) is 8.99. The van der Waals surface area contributed by atoms with Crippen LogP contribution in [0.1, 0.15) is 26.5 Å². The largest absolute Gasteiger partial charge is 0.444 e. The Kier molecular flexibility index (Phi) is 3.72. The predicted octanol–water partition coefficient (Wildman–Crippen LogP) is 3.56. The molecule has 0 bridgehead atoms. The summed E-state index contributed by atoms with van der Waals surface area (Å²) in [6.45, 7) is 5.62. The second kappa shape index (κ2) is 5.16. The summed E-state index contributed by atoms with van der Waals surface area (Å²) in [7, 11) is 0. The molecule has 3 atom stereocenters.